The zero-order valence-corrected chi connectivity index (χ0v) is 14.6. The van der Waals surface area contributed by atoms with Crippen molar-refractivity contribution in [2.24, 2.45) is 5.41 Å². The first-order chi connectivity index (χ1) is 11.8. The molecule has 2 aliphatic heterocycles. The molecule has 0 spiro atoms. The van der Waals surface area contributed by atoms with Gasteiger partial charge in [-0.2, -0.15) is 0 Å². The molecule has 1 aliphatic carbocycles. The molecule has 2 atom stereocenters. The fraction of sp³-hybridized carbons (Fsp3) is 0.600. The van der Waals surface area contributed by atoms with E-state index >= 15 is 0 Å². The van der Waals surface area contributed by atoms with Crippen LogP contribution >= 0.6 is 0 Å². The average Bonchev–Trinajstić information content (AvgIpc) is 2.67. The Labute approximate surface area is 145 Å². The van der Waals surface area contributed by atoms with Crippen LogP contribution in [0.3, 0.4) is 0 Å². The molecular weight excluding hydrogens is 302 g/mol. The van der Waals surface area contributed by atoms with E-state index in [0.717, 1.165) is 57.4 Å². The zero-order chi connectivity index (χ0) is 16.8. The van der Waals surface area contributed by atoms with Crippen LogP contribution in [0.2, 0.25) is 0 Å². The summed E-state index contributed by atoms with van der Waals surface area (Å²) in [5, 5.41) is 9.94. The van der Waals surface area contributed by atoms with Crippen LogP contribution in [0.25, 0.3) is 0 Å². The summed E-state index contributed by atoms with van der Waals surface area (Å²) in [5.74, 6) is 0.873. The Balaban J connectivity index is 1.79. The number of likely N-dealkylation sites (tertiary alicyclic amines) is 1. The van der Waals surface area contributed by atoms with Gasteiger partial charge in [-0.15, -0.1) is 0 Å². The zero-order valence-electron chi connectivity index (χ0n) is 14.6. The van der Waals surface area contributed by atoms with Gasteiger partial charge in [0.2, 0.25) is 0 Å². The van der Waals surface area contributed by atoms with Gasteiger partial charge in [0.1, 0.15) is 18.8 Å². The topological polar surface area (TPSA) is 41.9 Å². The Hall–Kier alpha value is -1.52. The first-order valence-corrected chi connectivity index (χ1v) is 9.13. The molecule has 0 aromatic rings. The van der Waals surface area contributed by atoms with Gasteiger partial charge in [-0.3, -0.25) is 4.90 Å². The van der Waals surface area contributed by atoms with Crippen LogP contribution in [-0.4, -0.2) is 35.7 Å². The molecule has 0 aromatic heterocycles. The first kappa shape index (κ1) is 17.3. The van der Waals surface area contributed by atoms with Crippen LogP contribution in [0.4, 0.5) is 0 Å². The molecule has 3 rings (SSSR count). The minimum atomic E-state index is 0.0171. The van der Waals surface area contributed by atoms with E-state index in [1.807, 2.05) is 0 Å². The summed E-state index contributed by atoms with van der Waals surface area (Å²) in [4.78, 5) is 2.48. The van der Waals surface area contributed by atoms with Crippen LogP contribution in [0.1, 0.15) is 45.4 Å². The van der Waals surface area contributed by atoms with Gasteiger partial charge >= 0.3 is 0 Å². The highest BCUT2D eigenvalue weighted by Gasteiger charge is 2.38. The molecule has 4 nitrogen and oxygen atoms in total. The molecule has 3 aliphatic rings. The second-order valence-corrected chi connectivity index (χ2v) is 7.14. The molecule has 132 valence electrons. The van der Waals surface area contributed by atoms with Gasteiger partial charge in [0.15, 0.2) is 5.76 Å². The maximum absolute atomic E-state index is 9.94. The fourth-order valence-electron chi connectivity index (χ4n) is 3.95. The van der Waals surface area contributed by atoms with Crippen molar-refractivity contribution in [3.05, 3.63) is 48.3 Å². The number of allylic oxidation sites excluding steroid dienone is 3. The Morgan fingerprint density at radius 3 is 2.96 bits per heavy atom. The van der Waals surface area contributed by atoms with E-state index in [2.05, 4.69) is 30.1 Å². The summed E-state index contributed by atoms with van der Waals surface area (Å²) < 4.78 is 11.1. The van der Waals surface area contributed by atoms with Crippen molar-refractivity contribution in [1.29, 1.82) is 0 Å². The van der Waals surface area contributed by atoms with Gasteiger partial charge in [-0.05, 0) is 45.1 Å². The minimum absolute atomic E-state index is 0.0171. The molecule has 24 heavy (non-hydrogen) atoms. The molecule has 0 bridgehead atoms. The molecular formula is C20H29NO3. The van der Waals surface area contributed by atoms with Gasteiger partial charge < -0.3 is 14.6 Å². The van der Waals surface area contributed by atoms with Gasteiger partial charge in [0.05, 0.1) is 6.04 Å². The maximum atomic E-state index is 9.94. The molecule has 0 aromatic carbocycles. The Morgan fingerprint density at radius 1 is 1.38 bits per heavy atom. The maximum Gasteiger partial charge on any atom is 0.156 e. The lowest BCUT2D eigenvalue weighted by atomic mass is 9.77. The van der Waals surface area contributed by atoms with E-state index in [1.54, 1.807) is 18.8 Å². The number of hydrogen-bond acceptors (Lipinski definition) is 4. The standard InChI is InChI=1S/C20H29NO3/c1-2-20(16-22)9-6-10-21(15-20)18(19-14-23-11-12-24-19)13-17-7-4-3-5-8-17/h3-4,7,11-12,14,18,22H,2,5-6,8-10,13,15-16H2,1H3. The van der Waals surface area contributed by atoms with E-state index in [9.17, 15) is 5.11 Å². The van der Waals surface area contributed by atoms with Crippen molar-refractivity contribution in [1.82, 2.24) is 4.90 Å². The number of hydrogen-bond donors (Lipinski definition) is 1. The van der Waals surface area contributed by atoms with Crippen molar-refractivity contribution >= 4 is 0 Å². The number of ether oxygens (including phenoxy) is 2. The molecule has 0 radical (unpaired) electrons. The third-order valence-electron chi connectivity index (χ3n) is 5.62. The lowest BCUT2D eigenvalue weighted by Crippen LogP contribution is -2.50. The van der Waals surface area contributed by atoms with E-state index in [1.165, 1.54) is 5.57 Å². The van der Waals surface area contributed by atoms with Gasteiger partial charge in [0.25, 0.3) is 0 Å². The summed E-state index contributed by atoms with van der Waals surface area (Å²) in [6.07, 6.45) is 17.9. The van der Waals surface area contributed by atoms with Crippen LogP contribution < -0.4 is 0 Å². The highest BCUT2D eigenvalue weighted by atomic mass is 16.5. The Bertz CT molecular complexity index is 543. The normalized spacial score (nSPS) is 28.6. The molecule has 1 saturated heterocycles. The van der Waals surface area contributed by atoms with Crippen molar-refractivity contribution in [2.75, 3.05) is 19.7 Å². The number of rotatable bonds is 6. The second-order valence-electron chi connectivity index (χ2n) is 7.14. The van der Waals surface area contributed by atoms with Crippen molar-refractivity contribution in [3.63, 3.8) is 0 Å². The summed E-state index contributed by atoms with van der Waals surface area (Å²) >= 11 is 0. The van der Waals surface area contributed by atoms with Crippen LogP contribution in [0, 0.1) is 5.41 Å². The predicted molar refractivity (Wildman–Crippen MR) is 94.9 cm³/mol. The molecule has 0 amide bonds. The van der Waals surface area contributed by atoms with Crippen LogP contribution in [0.5, 0.6) is 0 Å². The Kier molecular flexibility index (Phi) is 5.80. The van der Waals surface area contributed by atoms with Crippen LogP contribution in [0.15, 0.2) is 48.3 Å². The highest BCUT2D eigenvalue weighted by Crippen LogP contribution is 2.36. The molecule has 4 heteroatoms. The van der Waals surface area contributed by atoms with E-state index in [-0.39, 0.29) is 18.1 Å². The SMILES string of the molecule is CCC1(CO)CCCN(C(CC2=CC=CCC2)C2=COC=CO2)C1. The van der Waals surface area contributed by atoms with Crippen LogP contribution in [-0.2, 0) is 9.47 Å². The molecule has 0 saturated carbocycles. The molecule has 2 unspecified atom stereocenters. The average molecular weight is 331 g/mol. The lowest BCUT2D eigenvalue weighted by Gasteiger charge is -2.45. The lowest BCUT2D eigenvalue weighted by molar-refractivity contribution is 0.00614. The van der Waals surface area contributed by atoms with Crippen molar-refractivity contribution in [3.8, 4) is 0 Å². The summed E-state index contributed by atoms with van der Waals surface area (Å²) in [7, 11) is 0. The smallest absolute Gasteiger partial charge is 0.156 e. The molecule has 1 N–H and O–H groups in total. The van der Waals surface area contributed by atoms with Gasteiger partial charge in [-0.25, -0.2) is 0 Å². The number of aliphatic hydroxyl groups excluding tert-OH is 1. The van der Waals surface area contributed by atoms with Crippen molar-refractivity contribution < 1.29 is 14.6 Å². The summed E-state index contributed by atoms with van der Waals surface area (Å²) in [6.45, 7) is 4.40. The first-order valence-electron chi connectivity index (χ1n) is 9.13. The van der Waals surface area contributed by atoms with Gasteiger partial charge in [-0.1, -0.05) is 30.7 Å². The summed E-state index contributed by atoms with van der Waals surface area (Å²) in [5.41, 5.74) is 1.47. The quantitative estimate of drug-likeness (QED) is 0.802. The van der Waals surface area contributed by atoms with E-state index in [0.29, 0.717) is 0 Å². The third-order valence-corrected chi connectivity index (χ3v) is 5.62. The van der Waals surface area contributed by atoms with Gasteiger partial charge in [0, 0.05) is 18.6 Å². The minimum Gasteiger partial charge on any atom is -0.466 e. The number of nitrogens with zero attached hydrogens (tertiary/aromatic N) is 1. The predicted octanol–water partition coefficient (Wildman–Crippen LogP) is 3.87. The number of piperidine rings is 1. The number of aliphatic hydroxyl groups is 1. The van der Waals surface area contributed by atoms with E-state index in [4.69, 9.17) is 9.47 Å². The largest absolute Gasteiger partial charge is 0.466 e. The third kappa shape index (κ3) is 3.93. The fourth-order valence-corrected chi connectivity index (χ4v) is 3.95. The summed E-state index contributed by atoms with van der Waals surface area (Å²) in [6, 6.07) is 0.172. The highest BCUT2D eigenvalue weighted by molar-refractivity contribution is 5.21. The Morgan fingerprint density at radius 2 is 2.29 bits per heavy atom. The molecule has 2 heterocycles. The van der Waals surface area contributed by atoms with E-state index < -0.39 is 0 Å². The van der Waals surface area contributed by atoms with Crippen molar-refractivity contribution in [2.45, 2.75) is 51.5 Å². The molecule has 1 fully saturated rings. The monoisotopic (exact) mass is 331 g/mol. The second kappa shape index (κ2) is 8.04.